The molecule has 0 N–H and O–H groups in total. The van der Waals surface area contributed by atoms with E-state index in [1.807, 2.05) is 0 Å². The summed E-state index contributed by atoms with van der Waals surface area (Å²) < 4.78 is 6.24. The second kappa shape index (κ2) is 6.38. The average molecular weight is 251 g/mol. The fourth-order valence-electron chi connectivity index (χ4n) is 4.26. The molecule has 1 aliphatic carbocycles. The van der Waals surface area contributed by atoms with Gasteiger partial charge in [-0.15, -0.1) is 0 Å². The van der Waals surface area contributed by atoms with E-state index in [-0.39, 0.29) is 0 Å². The van der Waals surface area contributed by atoms with Crippen molar-refractivity contribution in [3.8, 4) is 0 Å². The highest BCUT2D eigenvalue weighted by Crippen LogP contribution is 2.32. The third-order valence-corrected chi connectivity index (χ3v) is 5.33. The summed E-state index contributed by atoms with van der Waals surface area (Å²) in [5, 5.41) is 0. The Morgan fingerprint density at radius 3 is 2.44 bits per heavy atom. The van der Waals surface area contributed by atoms with Crippen LogP contribution in [0.5, 0.6) is 0 Å². The second-order valence-electron chi connectivity index (χ2n) is 6.59. The van der Waals surface area contributed by atoms with Crippen molar-refractivity contribution in [1.82, 2.24) is 4.90 Å². The van der Waals surface area contributed by atoms with E-state index >= 15 is 0 Å². The van der Waals surface area contributed by atoms with E-state index in [2.05, 4.69) is 4.90 Å². The van der Waals surface area contributed by atoms with Gasteiger partial charge >= 0.3 is 0 Å². The Kier molecular flexibility index (Phi) is 4.58. The van der Waals surface area contributed by atoms with Crippen molar-refractivity contribution in [2.24, 2.45) is 5.92 Å². The van der Waals surface area contributed by atoms with Crippen LogP contribution in [0.15, 0.2) is 0 Å². The van der Waals surface area contributed by atoms with E-state index < -0.39 is 0 Å². The fourth-order valence-corrected chi connectivity index (χ4v) is 4.26. The zero-order valence-corrected chi connectivity index (χ0v) is 11.8. The normalized spacial score (nSPS) is 35.3. The van der Waals surface area contributed by atoms with Crippen LogP contribution in [0.1, 0.15) is 64.2 Å². The van der Waals surface area contributed by atoms with Gasteiger partial charge in [-0.1, -0.05) is 25.7 Å². The van der Waals surface area contributed by atoms with E-state index in [1.165, 1.54) is 77.3 Å². The average Bonchev–Trinajstić information content (AvgIpc) is 2.46. The van der Waals surface area contributed by atoms with Gasteiger partial charge in [0.1, 0.15) is 0 Å². The summed E-state index contributed by atoms with van der Waals surface area (Å²) in [5.41, 5.74) is 0. The molecule has 3 fully saturated rings. The number of hydrogen-bond donors (Lipinski definition) is 0. The van der Waals surface area contributed by atoms with Crippen molar-refractivity contribution in [1.29, 1.82) is 0 Å². The van der Waals surface area contributed by atoms with Crippen LogP contribution in [0.3, 0.4) is 0 Å². The van der Waals surface area contributed by atoms with Gasteiger partial charge in [-0.25, -0.2) is 0 Å². The molecule has 3 aliphatic rings. The first-order valence-electron chi connectivity index (χ1n) is 8.29. The first-order chi connectivity index (χ1) is 8.93. The predicted octanol–water partition coefficient (Wildman–Crippen LogP) is 3.60. The van der Waals surface area contributed by atoms with Crippen molar-refractivity contribution in [3.63, 3.8) is 0 Å². The Bertz CT molecular complexity index is 247. The molecule has 0 amide bonds. The zero-order chi connectivity index (χ0) is 12.2. The minimum absolute atomic E-state index is 0.595. The number of ether oxygens (including phenoxy) is 1. The molecule has 3 rings (SSSR count). The van der Waals surface area contributed by atoms with Gasteiger partial charge in [-0.05, 0) is 57.5 Å². The predicted molar refractivity (Wildman–Crippen MR) is 74.8 cm³/mol. The van der Waals surface area contributed by atoms with E-state index in [0.717, 1.165) is 18.6 Å². The molecule has 0 aromatic carbocycles. The summed E-state index contributed by atoms with van der Waals surface area (Å²) >= 11 is 0. The van der Waals surface area contributed by atoms with Crippen molar-refractivity contribution in [3.05, 3.63) is 0 Å². The van der Waals surface area contributed by atoms with E-state index in [1.54, 1.807) is 0 Å². The molecule has 0 unspecified atom stereocenters. The standard InChI is InChI=1S/C16H29NO/c1-2-8-15(9-3-1)18-13-14-7-6-12-17-11-5-4-10-16(14)17/h14-16H,1-13H2/t14-,16-/m1/s1. The monoisotopic (exact) mass is 251 g/mol. The first-order valence-corrected chi connectivity index (χ1v) is 8.29. The summed E-state index contributed by atoms with van der Waals surface area (Å²) in [5.74, 6) is 0.834. The van der Waals surface area contributed by atoms with Gasteiger partial charge in [0.05, 0.1) is 12.7 Å². The molecule has 0 spiro atoms. The van der Waals surface area contributed by atoms with Crippen molar-refractivity contribution < 1.29 is 4.74 Å². The quantitative estimate of drug-likeness (QED) is 0.760. The van der Waals surface area contributed by atoms with E-state index in [4.69, 9.17) is 4.74 Å². The topological polar surface area (TPSA) is 12.5 Å². The summed E-state index contributed by atoms with van der Waals surface area (Å²) in [6.45, 7) is 3.75. The summed E-state index contributed by atoms with van der Waals surface area (Å²) in [4.78, 5) is 2.75. The number of hydrogen-bond acceptors (Lipinski definition) is 2. The Morgan fingerprint density at radius 1 is 0.778 bits per heavy atom. The van der Waals surface area contributed by atoms with Crippen molar-refractivity contribution in [2.75, 3.05) is 19.7 Å². The van der Waals surface area contributed by atoms with Crippen LogP contribution in [0.2, 0.25) is 0 Å². The number of fused-ring (bicyclic) bond motifs is 1. The molecule has 2 saturated heterocycles. The molecule has 18 heavy (non-hydrogen) atoms. The molecule has 0 radical (unpaired) electrons. The molecule has 0 aromatic heterocycles. The molecule has 2 heteroatoms. The lowest BCUT2D eigenvalue weighted by molar-refractivity contribution is -0.0359. The largest absolute Gasteiger partial charge is 0.378 e. The van der Waals surface area contributed by atoms with Crippen molar-refractivity contribution in [2.45, 2.75) is 76.4 Å². The highest BCUT2D eigenvalue weighted by atomic mass is 16.5. The Morgan fingerprint density at radius 2 is 1.56 bits per heavy atom. The van der Waals surface area contributed by atoms with Gasteiger partial charge in [-0.2, -0.15) is 0 Å². The SMILES string of the molecule is C1CCC(OC[C@H]2CCCN3CCCC[C@H]23)CC1. The molecular weight excluding hydrogens is 222 g/mol. The van der Waals surface area contributed by atoms with Crippen LogP contribution in [0.25, 0.3) is 0 Å². The fraction of sp³-hybridized carbons (Fsp3) is 1.00. The molecule has 1 saturated carbocycles. The van der Waals surface area contributed by atoms with Crippen LogP contribution < -0.4 is 0 Å². The van der Waals surface area contributed by atoms with Gasteiger partial charge in [0.2, 0.25) is 0 Å². The highest BCUT2D eigenvalue weighted by molar-refractivity contribution is 4.87. The summed E-state index contributed by atoms with van der Waals surface area (Å²) in [6.07, 6.45) is 14.6. The van der Waals surface area contributed by atoms with Gasteiger partial charge < -0.3 is 9.64 Å². The Hall–Kier alpha value is -0.0800. The first kappa shape index (κ1) is 12.9. The van der Waals surface area contributed by atoms with Crippen LogP contribution in [-0.4, -0.2) is 36.7 Å². The molecule has 104 valence electrons. The minimum Gasteiger partial charge on any atom is -0.378 e. The van der Waals surface area contributed by atoms with Crippen LogP contribution in [0, 0.1) is 5.92 Å². The van der Waals surface area contributed by atoms with E-state index in [9.17, 15) is 0 Å². The van der Waals surface area contributed by atoms with Gasteiger partial charge in [0.25, 0.3) is 0 Å². The van der Waals surface area contributed by atoms with E-state index in [0.29, 0.717) is 6.10 Å². The molecular formula is C16H29NO. The maximum atomic E-state index is 6.24. The molecule has 2 heterocycles. The summed E-state index contributed by atoms with van der Waals surface area (Å²) in [7, 11) is 0. The van der Waals surface area contributed by atoms with Crippen molar-refractivity contribution >= 4 is 0 Å². The number of nitrogens with zero attached hydrogens (tertiary/aromatic N) is 1. The third-order valence-electron chi connectivity index (χ3n) is 5.33. The van der Waals surface area contributed by atoms with Crippen LogP contribution in [-0.2, 0) is 4.74 Å². The third kappa shape index (κ3) is 3.08. The smallest absolute Gasteiger partial charge is 0.0575 e. The maximum Gasteiger partial charge on any atom is 0.0575 e. The molecule has 2 nitrogen and oxygen atoms in total. The zero-order valence-electron chi connectivity index (χ0n) is 11.8. The molecule has 0 aromatic rings. The van der Waals surface area contributed by atoms with Crippen LogP contribution >= 0.6 is 0 Å². The maximum absolute atomic E-state index is 6.24. The van der Waals surface area contributed by atoms with Crippen LogP contribution in [0.4, 0.5) is 0 Å². The molecule has 2 atom stereocenters. The Labute approximate surface area is 112 Å². The van der Waals surface area contributed by atoms with Gasteiger partial charge in [0.15, 0.2) is 0 Å². The molecule has 2 aliphatic heterocycles. The lowest BCUT2D eigenvalue weighted by Crippen LogP contribution is -2.49. The summed E-state index contributed by atoms with van der Waals surface area (Å²) in [6, 6.07) is 0.857. The lowest BCUT2D eigenvalue weighted by Gasteiger charge is -2.44. The van der Waals surface area contributed by atoms with Gasteiger partial charge in [-0.3, -0.25) is 0 Å². The van der Waals surface area contributed by atoms with Gasteiger partial charge in [0, 0.05) is 6.04 Å². The Balaban J connectivity index is 1.48. The lowest BCUT2D eigenvalue weighted by atomic mass is 9.84. The number of rotatable bonds is 3. The second-order valence-corrected chi connectivity index (χ2v) is 6.59. The minimum atomic E-state index is 0.595. The number of piperidine rings is 2. The molecule has 0 bridgehead atoms. The highest BCUT2D eigenvalue weighted by Gasteiger charge is 2.33.